The minimum atomic E-state index is -0.548. The molecule has 20 heavy (non-hydrogen) atoms. The van der Waals surface area contributed by atoms with Crippen molar-refractivity contribution in [3.05, 3.63) is 45.7 Å². The van der Waals surface area contributed by atoms with E-state index in [1.807, 2.05) is 13.2 Å². The van der Waals surface area contributed by atoms with Gasteiger partial charge in [0.15, 0.2) is 0 Å². The molecule has 0 fully saturated rings. The number of hydrogen-bond acceptors (Lipinski definition) is 4. The van der Waals surface area contributed by atoms with Crippen LogP contribution in [0.2, 0.25) is 10.0 Å². The Bertz CT molecular complexity index is 641. The van der Waals surface area contributed by atoms with E-state index in [0.29, 0.717) is 12.1 Å². The molecule has 2 N–H and O–H groups in total. The summed E-state index contributed by atoms with van der Waals surface area (Å²) < 4.78 is 6.84. The van der Waals surface area contributed by atoms with Crippen LogP contribution < -0.4 is 5.73 Å². The second-order valence-electron chi connectivity index (χ2n) is 4.27. The maximum atomic E-state index is 11.9. The minimum Gasteiger partial charge on any atom is -0.462 e. The van der Waals surface area contributed by atoms with Crippen molar-refractivity contribution in [2.75, 3.05) is 12.3 Å². The quantitative estimate of drug-likeness (QED) is 0.696. The molecule has 1 heterocycles. The lowest BCUT2D eigenvalue weighted by atomic mass is 10.2. The predicted molar refractivity (Wildman–Crippen MR) is 78.1 cm³/mol. The van der Waals surface area contributed by atoms with Gasteiger partial charge in [0, 0.05) is 25.4 Å². The minimum absolute atomic E-state index is 0.146. The van der Waals surface area contributed by atoms with Crippen molar-refractivity contribution in [1.82, 2.24) is 9.78 Å². The van der Waals surface area contributed by atoms with E-state index in [1.165, 1.54) is 12.1 Å². The van der Waals surface area contributed by atoms with E-state index >= 15 is 0 Å². The van der Waals surface area contributed by atoms with Crippen molar-refractivity contribution in [3.8, 4) is 0 Å². The Hall–Kier alpha value is -1.72. The summed E-state index contributed by atoms with van der Waals surface area (Å²) >= 11 is 11.8. The van der Waals surface area contributed by atoms with Crippen LogP contribution >= 0.6 is 23.2 Å². The third-order valence-corrected chi connectivity index (χ3v) is 3.45. The summed E-state index contributed by atoms with van der Waals surface area (Å²) in [6, 6.07) is 2.93. The Labute approximate surface area is 126 Å². The van der Waals surface area contributed by atoms with Crippen LogP contribution in [0.5, 0.6) is 0 Å². The molecule has 0 atom stereocenters. The van der Waals surface area contributed by atoms with Crippen molar-refractivity contribution in [2.45, 2.75) is 6.42 Å². The number of anilines is 1. The van der Waals surface area contributed by atoms with Gasteiger partial charge >= 0.3 is 5.97 Å². The first-order valence-corrected chi connectivity index (χ1v) is 6.62. The standard InChI is InChI=1S/C13H13Cl2N3O2/c1-18-7-8(6-17-18)2-3-20-13(19)10-4-9(16)5-11(14)12(10)15/h4-7H,2-3,16H2,1H3. The van der Waals surface area contributed by atoms with E-state index in [9.17, 15) is 4.79 Å². The number of carbonyl (C=O) groups excluding carboxylic acids is 1. The Morgan fingerprint density at radius 2 is 2.20 bits per heavy atom. The van der Waals surface area contributed by atoms with E-state index < -0.39 is 5.97 Å². The van der Waals surface area contributed by atoms with Gasteiger partial charge in [-0.2, -0.15) is 5.10 Å². The first kappa shape index (κ1) is 14.7. The van der Waals surface area contributed by atoms with Crippen LogP contribution in [0.15, 0.2) is 24.5 Å². The monoisotopic (exact) mass is 313 g/mol. The van der Waals surface area contributed by atoms with E-state index in [-0.39, 0.29) is 22.2 Å². The van der Waals surface area contributed by atoms with Crippen molar-refractivity contribution in [3.63, 3.8) is 0 Å². The molecule has 0 aliphatic heterocycles. The van der Waals surface area contributed by atoms with Crippen LogP contribution in [0.1, 0.15) is 15.9 Å². The first-order valence-electron chi connectivity index (χ1n) is 5.86. The second kappa shape index (κ2) is 6.15. The van der Waals surface area contributed by atoms with Crippen LogP contribution in [0.3, 0.4) is 0 Å². The molecule has 0 bridgehead atoms. The molecule has 1 aromatic heterocycles. The molecule has 0 unspecified atom stereocenters. The Morgan fingerprint density at radius 1 is 1.45 bits per heavy atom. The number of nitrogens with two attached hydrogens (primary N) is 1. The third kappa shape index (κ3) is 3.43. The Morgan fingerprint density at radius 3 is 2.85 bits per heavy atom. The van der Waals surface area contributed by atoms with Crippen LogP contribution in [0, 0.1) is 0 Å². The van der Waals surface area contributed by atoms with Gasteiger partial charge in [0.05, 0.1) is 28.4 Å². The summed E-state index contributed by atoms with van der Waals surface area (Å²) in [6.45, 7) is 0.229. The van der Waals surface area contributed by atoms with Crippen LogP contribution in [0.25, 0.3) is 0 Å². The summed E-state index contributed by atoms with van der Waals surface area (Å²) in [5.74, 6) is -0.548. The number of aromatic nitrogens is 2. The number of ether oxygens (including phenoxy) is 1. The molecule has 7 heteroatoms. The van der Waals surface area contributed by atoms with Crippen molar-refractivity contribution in [1.29, 1.82) is 0 Å². The lowest BCUT2D eigenvalue weighted by molar-refractivity contribution is 0.0509. The number of rotatable bonds is 4. The van der Waals surface area contributed by atoms with Gasteiger partial charge in [-0.25, -0.2) is 4.79 Å². The highest BCUT2D eigenvalue weighted by Gasteiger charge is 2.15. The third-order valence-electron chi connectivity index (χ3n) is 2.65. The number of halogens is 2. The SMILES string of the molecule is Cn1cc(CCOC(=O)c2cc(N)cc(Cl)c2Cl)cn1. The molecule has 0 saturated heterocycles. The molecule has 0 radical (unpaired) electrons. The fourth-order valence-corrected chi connectivity index (χ4v) is 2.11. The molecule has 0 saturated carbocycles. The van der Waals surface area contributed by atoms with E-state index in [4.69, 9.17) is 33.7 Å². The molecule has 0 amide bonds. The van der Waals surface area contributed by atoms with Crippen molar-refractivity contribution >= 4 is 34.9 Å². The zero-order valence-corrected chi connectivity index (χ0v) is 12.3. The Kier molecular flexibility index (Phi) is 4.52. The molecule has 5 nitrogen and oxygen atoms in total. The number of aryl methyl sites for hydroxylation is 1. The van der Waals surface area contributed by atoms with E-state index in [2.05, 4.69) is 5.10 Å². The van der Waals surface area contributed by atoms with Gasteiger partial charge in [-0.15, -0.1) is 0 Å². The largest absolute Gasteiger partial charge is 0.462 e. The number of esters is 1. The van der Waals surface area contributed by atoms with Crippen molar-refractivity contribution in [2.24, 2.45) is 7.05 Å². The normalized spacial score (nSPS) is 10.6. The zero-order valence-electron chi connectivity index (χ0n) is 10.8. The van der Waals surface area contributed by atoms with Gasteiger partial charge in [-0.3, -0.25) is 4.68 Å². The van der Waals surface area contributed by atoms with Gasteiger partial charge in [-0.1, -0.05) is 23.2 Å². The lowest BCUT2D eigenvalue weighted by Gasteiger charge is -2.07. The number of benzene rings is 1. The number of nitrogen functional groups attached to an aromatic ring is 1. The fraction of sp³-hybridized carbons (Fsp3) is 0.231. The van der Waals surface area contributed by atoms with Crippen LogP contribution in [-0.4, -0.2) is 22.4 Å². The number of nitrogens with zero attached hydrogens (tertiary/aromatic N) is 2. The summed E-state index contributed by atoms with van der Waals surface area (Å²) in [5, 5.41) is 4.40. The molecule has 2 aromatic rings. The highest BCUT2D eigenvalue weighted by molar-refractivity contribution is 6.44. The van der Waals surface area contributed by atoms with Gasteiger partial charge in [-0.05, 0) is 17.7 Å². The molecular formula is C13H13Cl2N3O2. The molecule has 1 aromatic carbocycles. The zero-order chi connectivity index (χ0) is 14.7. The first-order chi connectivity index (χ1) is 9.47. The summed E-state index contributed by atoms with van der Waals surface area (Å²) in [7, 11) is 1.82. The summed E-state index contributed by atoms with van der Waals surface area (Å²) in [6.07, 6.45) is 4.16. The molecule has 0 spiro atoms. The topological polar surface area (TPSA) is 70.1 Å². The smallest absolute Gasteiger partial charge is 0.339 e. The fourth-order valence-electron chi connectivity index (χ4n) is 1.70. The molecular weight excluding hydrogens is 301 g/mol. The predicted octanol–water partition coefficient (Wildman–Crippen LogP) is 2.71. The summed E-state index contributed by atoms with van der Waals surface area (Å²) in [5.41, 5.74) is 7.14. The van der Waals surface area contributed by atoms with Crippen LogP contribution in [-0.2, 0) is 18.2 Å². The van der Waals surface area contributed by atoms with E-state index in [0.717, 1.165) is 5.56 Å². The Balaban J connectivity index is 1.98. The number of carbonyl (C=O) groups is 1. The highest BCUT2D eigenvalue weighted by atomic mass is 35.5. The summed E-state index contributed by atoms with van der Waals surface area (Å²) in [4.78, 5) is 11.9. The van der Waals surface area contributed by atoms with Gasteiger partial charge < -0.3 is 10.5 Å². The number of hydrogen-bond donors (Lipinski definition) is 1. The van der Waals surface area contributed by atoms with Gasteiger partial charge in [0.2, 0.25) is 0 Å². The molecule has 0 aliphatic carbocycles. The van der Waals surface area contributed by atoms with Gasteiger partial charge in [0.1, 0.15) is 0 Å². The average Bonchev–Trinajstić information content (AvgIpc) is 2.79. The van der Waals surface area contributed by atoms with E-state index in [1.54, 1.807) is 10.9 Å². The highest BCUT2D eigenvalue weighted by Crippen LogP contribution is 2.29. The maximum Gasteiger partial charge on any atom is 0.339 e. The maximum absolute atomic E-state index is 11.9. The molecule has 2 rings (SSSR count). The van der Waals surface area contributed by atoms with Gasteiger partial charge in [0.25, 0.3) is 0 Å². The average molecular weight is 314 g/mol. The van der Waals surface area contributed by atoms with Crippen molar-refractivity contribution < 1.29 is 9.53 Å². The van der Waals surface area contributed by atoms with Crippen LogP contribution in [0.4, 0.5) is 5.69 Å². The molecule has 106 valence electrons. The molecule has 0 aliphatic rings. The second-order valence-corrected chi connectivity index (χ2v) is 5.06. The lowest BCUT2D eigenvalue weighted by Crippen LogP contribution is -2.09.